The Kier molecular flexibility index (Phi) is 5.67. The summed E-state index contributed by atoms with van der Waals surface area (Å²) in [6.07, 6.45) is 1.38. The summed E-state index contributed by atoms with van der Waals surface area (Å²) in [6, 6.07) is 15.7. The molecule has 5 rings (SSSR count). The third-order valence-electron chi connectivity index (χ3n) is 5.91. The van der Waals surface area contributed by atoms with Crippen LogP contribution in [0.3, 0.4) is 0 Å². The van der Waals surface area contributed by atoms with Crippen molar-refractivity contribution in [2.45, 2.75) is 26.7 Å². The van der Waals surface area contributed by atoms with Crippen molar-refractivity contribution in [3.05, 3.63) is 87.4 Å². The Balaban J connectivity index is 1.46. The van der Waals surface area contributed by atoms with Gasteiger partial charge in [-0.05, 0) is 60.4 Å². The first-order valence-electron chi connectivity index (χ1n) is 10.9. The number of aromatic nitrogens is 1. The number of thiazole rings is 1. The molecule has 0 atom stereocenters. The Bertz CT molecular complexity index is 1470. The molecule has 0 saturated heterocycles. The van der Waals surface area contributed by atoms with E-state index in [0.717, 1.165) is 21.3 Å². The number of hydrogen-bond donors (Lipinski definition) is 1. The van der Waals surface area contributed by atoms with Crippen molar-refractivity contribution in [3.63, 3.8) is 0 Å². The van der Waals surface area contributed by atoms with Gasteiger partial charge in [0.1, 0.15) is 0 Å². The van der Waals surface area contributed by atoms with E-state index in [1.54, 1.807) is 30.3 Å². The van der Waals surface area contributed by atoms with Gasteiger partial charge in [-0.15, -0.1) is 0 Å². The maximum absolute atomic E-state index is 13.4. The maximum atomic E-state index is 13.4. The van der Waals surface area contributed by atoms with E-state index in [4.69, 9.17) is 11.6 Å². The van der Waals surface area contributed by atoms with Crippen molar-refractivity contribution >= 4 is 61.7 Å². The molecule has 0 spiro atoms. The van der Waals surface area contributed by atoms with Gasteiger partial charge in [-0.1, -0.05) is 55.0 Å². The van der Waals surface area contributed by atoms with Gasteiger partial charge in [0, 0.05) is 10.6 Å². The summed E-state index contributed by atoms with van der Waals surface area (Å²) < 4.78 is 0.856. The summed E-state index contributed by atoms with van der Waals surface area (Å²) >= 11 is 7.34. The average molecular weight is 490 g/mol. The minimum atomic E-state index is -0.417. The van der Waals surface area contributed by atoms with Crippen LogP contribution in [0.4, 0.5) is 10.8 Å². The van der Waals surface area contributed by atoms with Crippen molar-refractivity contribution in [2.75, 3.05) is 10.2 Å². The van der Waals surface area contributed by atoms with Crippen molar-refractivity contribution in [2.24, 2.45) is 0 Å². The molecule has 6 nitrogen and oxygen atoms in total. The molecule has 3 amide bonds. The quantitative estimate of drug-likeness (QED) is 0.342. The van der Waals surface area contributed by atoms with Crippen molar-refractivity contribution in [1.29, 1.82) is 0 Å². The number of benzene rings is 3. The second-order valence-corrected chi connectivity index (χ2v) is 9.39. The molecule has 1 aliphatic rings. The number of aryl methyl sites for hydroxylation is 2. The lowest BCUT2D eigenvalue weighted by Gasteiger charge is -2.21. The van der Waals surface area contributed by atoms with Gasteiger partial charge >= 0.3 is 0 Å². The molecular weight excluding hydrogens is 470 g/mol. The number of carbonyl (C=O) groups excluding carboxylic acids is 3. The molecule has 0 saturated carbocycles. The zero-order valence-corrected chi connectivity index (χ0v) is 20.1. The van der Waals surface area contributed by atoms with Crippen LogP contribution in [0.5, 0.6) is 0 Å². The molecule has 3 aromatic carbocycles. The van der Waals surface area contributed by atoms with Crippen molar-refractivity contribution in [3.8, 4) is 0 Å². The lowest BCUT2D eigenvalue weighted by Crippen LogP contribution is -2.31. The van der Waals surface area contributed by atoms with Gasteiger partial charge in [-0.25, -0.2) is 9.88 Å². The fourth-order valence-electron chi connectivity index (χ4n) is 4.21. The molecule has 0 fully saturated rings. The van der Waals surface area contributed by atoms with E-state index in [-0.39, 0.29) is 17.0 Å². The number of imide groups is 1. The van der Waals surface area contributed by atoms with Crippen LogP contribution in [0, 0.1) is 0 Å². The third kappa shape index (κ3) is 3.67. The predicted octanol–water partition coefficient (Wildman–Crippen LogP) is 6.13. The van der Waals surface area contributed by atoms with E-state index < -0.39 is 11.8 Å². The van der Waals surface area contributed by atoms with Gasteiger partial charge in [-0.2, -0.15) is 0 Å². The summed E-state index contributed by atoms with van der Waals surface area (Å²) in [7, 11) is 0. The highest BCUT2D eigenvalue weighted by Crippen LogP contribution is 2.35. The molecule has 0 radical (unpaired) electrons. The van der Waals surface area contributed by atoms with E-state index >= 15 is 0 Å². The van der Waals surface area contributed by atoms with E-state index in [0.29, 0.717) is 34.2 Å². The van der Waals surface area contributed by atoms with Gasteiger partial charge < -0.3 is 0 Å². The highest BCUT2D eigenvalue weighted by atomic mass is 35.5. The first kappa shape index (κ1) is 22.3. The van der Waals surface area contributed by atoms with Crippen LogP contribution in [0.1, 0.15) is 56.0 Å². The highest BCUT2D eigenvalue weighted by molar-refractivity contribution is 7.22. The van der Waals surface area contributed by atoms with E-state index in [2.05, 4.69) is 10.3 Å². The zero-order chi connectivity index (χ0) is 24.0. The first-order valence-corrected chi connectivity index (χ1v) is 12.1. The van der Waals surface area contributed by atoms with E-state index in [9.17, 15) is 14.4 Å². The second kappa shape index (κ2) is 8.66. The monoisotopic (exact) mass is 489 g/mol. The molecule has 8 heteroatoms. The molecule has 1 N–H and O–H groups in total. The number of halogens is 1. The normalized spacial score (nSPS) is 13.0. The topological polar surface area (TPSA) is 79.4 Å². The summed E-state index contributed by atoms with van der Waals surface area (Å²) in [5.74, 6) is -1.19. The number of para-hydroxylation sites is 1. The van der Waals surface area contributed by atoms with E-state index in [1.165, 1.54) is 22.3 Å². The van der Waals surface area contributed by atoms with E-state index in [1.807, 2.05) is 32.0 Å². The number of rotatable bonds is 5. The van der Waals surface area contributed by atoms with Crippen LogP contribution in [0.2, 0.25) is 5.02 Å². The van der Waals surface area contributed by atoms with Crippen LogP contribution in [0.15, 0.2) is 54.6 Å². The van der Waals surface area contributed by atoms with Crippen LogP contribution < -0.4 is 10.2 Å². The SMILES string of the molecule is CCc1cccc(CC)c1N1C(=O)c2ccc(C(=O)Nc3nc4ccc(Cl)cc4s3)cc2C1=O. The number of fused-ring (bicyclic) bond motifs is 2. The number of nitrogens with one attached hydrogen (secondary N) is 1. The van der Waals surface area contributed by atoms with Crippen molar-refractivity contribution in [1.82, 2.24) is 4.98 Å². The molecule has 1 aromatic heterocycles. The Morgan fingerprint density at radius 1 is 0.971 bits per heavy atom. The average Bonchev–Trinajstić information content (AvgIpc) is 3.35. The molecule has 0 bridgehead atoms. The molecule has 0 aliphatic carbocycles. The standard InChI is InChI=1S/C26H20ClN3O3S/c1-3-14-6-5-7-15(4-2)22(14)30-24(32)18-10-8-16(12-19(18)25(30)33)23(31)29-26-28-20-11-9-17(27)13-21(20)34-26/h5-13H,3-4H2,1-2H3,(H,28,29,31). The lowest BCUT2D eigenvalue weighted by molar-refractivity contribution is 0.0925. The summed E-state index contributed by atoms with van der Waals surface area (Å²) in [6.45, 7) is 3.99. The minimum Gasteiger partial charge on any atom is -0.298 e. The Morgan fingerprint density at radius 3 is 2.38 bits per heavy atom. The number of amides is 3. The Labute approximate surface area is 205 Å². The highest BCUT2D eigenvalue weighted by Gasteiger charge is 2.38. The van der Waals surface area contributed by atoms with Crippen molar-refractivity contribution < 1.29 is 14.4 Å². The van der Waals surface area contributed by atoms with Gasteiger partial charge in [0.25, 0.3) is 17.7 Å². The number of carbonyl (C=O) groups is 3. The Hall–Kier alpha value is -3.55. The summed E-state index contributed by atoms with van der Waals surface area (Å²) in [4.78, 5) is 45.2. The van der Waals surface area contributed by atoms with Crippen LogP contribution >= 0.6 is 22.9 Å². The summed E-state index contributed by atoms with van der Waals surface area (Å²) in [5, 5.41) is 3.80. The zero-order valence-electron chi connectivity index (χ0n) is 18.5. The lowest BCUT2D eigenvalue weighted by atomic mass is 10.0. The molecule has 2 heterocycles. The minimum absolute atomic E-state index is 0.224. The largest absolute Gasteiger partial charge is 0.298 e. The number of anilines is 2. The fraction of sp³-hybridized carbons (Fsp3) is 0.154. The molecule has 0 unspecified atom stereocenters. The number of nitrogens with zero attached hydrogens (tertiary/aromatic N) is 2. The molecule has 34 heavy (non-hydrogen) atoms. The fourth-order valence-corrected chi connectivity index (χ4v) is 5.35. The maximum Gasteiger partial charge on any atom is 0.266 e. The summed E-state index contributed by atoms with van der Waals surface area (Å²) in [5.41, 5.74) is 4.05. The van der Waals surface area contributed by atoms with Crippen LogP contribution in [-0.4, -0.2) is 22.7 Å². The van der Waals surface area contributed by atoms with Gasteiger partial charge in [-0.3, -0.25) is 19.7 Å². The number of hydrogen-bond acceptors (Lipinski definition) is 5. The third-order valence-corrected chi connectivity index (χ3v) is 7.08. The molecule has 1 aliphatic heterocycles. The second-order valence-electron chi connectivity index (χ2n) is 7.92. The Morgan fingerprint density at radius 2 is 1.68 bits per heavy atom. The molecular formula is C26H20ClN3O3S. The van der Waals surface area contributed by atoms with Gasteiger partial charge in [0.2, 0.25) is 0 Å². The van der Waals surface area contributed by atoms with Gasteiger partial charge in [0.05, 0.1) is 27.0 Å². The predicted molar refractivity (Wildman–Crippen MR) is 135 cm³/mol. The molecule has 4 aromatic rings. The first-order chi connectivity index (χ1) is 16.4. The van der Waals surface area contributed by atoms with Gasteiger partial charge in [0.15, 0.2) is 5.13 Å². The van der Waals surface area contributed by atoms with Crippen LogP contribution in [-0.2, 0) is 12.8 Å². The smallest absolute Gasteiger partial charge is 0.266 e. The molecule has 170 valence electrons. The van der Waals surface area contributed by atoms with Crippen LogP contribution in [0.25, 0.3) is 10.2 Å².